The SMILES string of the molecule is COC(=O)C1CCCN(c2nccc3ccccc23)C1.COC(=O)C1CN(c2nccc3ccccc23)CCN1CCCN.COC(=O)C1CN(c2nccc3ccccc23)CCN1CCCNC(=O)OC(C)(C)C.Clc1nccc2ccccc12. The topological polar surface area (TPSA) is 211 Å². The molecule has 454 valence electrons. The van der Waals surface area contributed by atoms with Crippen molar-refractivity contribution >= 4 is 96.1 Å². The first-order valence-corrected chi connectivity index (χ1v) is 29.7. The van der Waals surface area contributed by atoms with Crippen molar-refractivity contribution in [1.29, 1.82) is 0 Å². The minimum absolute atomic E-state index is 0.0467. The van der Waals surface area contributed by atoms with Crippen LogP contribution in [-0.4, -0.2) is 171 Å². The number of carbonyl (C=O) groups excluding carboxylic acids is 4. The summed E-state index contributed by atoms with van der Waals surface area (Å²) in [6.07, 6.45) is 10.2. The minimum Gasteiger partial charge on any atom is -0.469 e. The third kappa shape index (κ3) is 17.0. The van der Waals surface area contributed by atoms with E-state index in [1.165, 1.54) is 26.7 Å². The van der Waals surface area contributed by atoms with Gasteiger partial charge in [-0.25, -0.2) is 24.7 Å². The van der Waals surface area contributed by atoms with Crippen molar-refractivity contribution in [3.8, 4) is 0 Å². The second kappa shape index (κ2) is 31.2. The number of esters is 3. The molecule has 3 fully saturated rings. The number of piperazine rings is 2. The van der Waals surface area contributed by atoms with Crippen LogP contribution in [0.25, 0.3) is 43.1 Å². The van der Waals surface area contributed by atoms with Crippen LogP contribution < -0.4 is 25.8 Å². The zero-order valence-electron chi connectivity index (χ0n) is 50.1. The lowest BCUT2D eigenvalue weighted by atomic mass is 9.98. The van der Waals surface area contributed by atoms with Crippen molar-refractivity contribution in [1.82, 2.24) is 35.1 Å². The number of aromatic nitrogens is 4. The minimum atomic E-state index is -0.522. The standard InChI is InChI=1S/C23H32N4O4.C18H24N4O2.C16H18N2O2.C9H6ClN/c1-23(2,3)31-22(29)25-11-7-13-26-14-15-27(16-19(26)21(28)30-4)20-18-9-6-5-8-17(18)10-12-24-20;1-24-18(23)16-13-22(12-11-21(16)10-4-8-19)17-15-6-3-2-5-14(15)7-9-20-17;1-20-16(19)13-6-4-10-18(11-13)15-14-7-3-2-5-12(14)8-9-17-15;10-9-8-4-2-1-3-7(8)5-6-11-9/h5-6,8-10,12,19H,7,11,13-16H2,1-4H3,(H,25,29);2-3,5-7,9,16H,4,8,10-13,19H2,1H3;2-3,5,7-9,13H,4,6,10-11H2,1H3;1-6H. The lowest BCUT2D eigenvalue weighted by Crippen LogP contribution is -2.57. The van der Waals surface area contributed by atoms with E-state index < -0.39 is 11.7 Å². The Balaban J connectivity index is 0.000000156. The molecule has 3 saturated heterocycles. The van der Waals surface area contributed by atoms with E-state index >= 15 is 0 Å². The average molecular weight is 1190 g/mol. The Morgan fingerprint density at radius 3 is 1.37 bits per heavy atom. The molecule has 0 saturated carbocycles. The summed E-state index contributed by atoms with van der Waals surface area (Å²) < 4.78 is 20.2. The second-order valence-corrected chi connectivity index (χ2v) is 22.5. The fraction of sp³-hybridized carbons (Fsp3) is 0.394. The largest absolute Gasteiger partial charge is 0.469 e. The first-order valence-electron chi connectivity index (χ1n) is 29.3. The first kappa shape index (κ1) is 63.8. The zero-order chi connectivity index (χ0) is 61.0. The normalized spacial score (nSPS) is 17.3. The van der Waals surface area contributed by atoms with Crippen molar-refractivity contribution in [2.75, 3.05) is 115 Å². The summed E-state index contributed by atoms with van der Waals surface area (Å²) >= 11 is 5.85. The molecule has 86 heavy (non-hydrogen) atoms. The molecular formula is C66H80ClN11O8. The van der Waals surface area contributed by atoms with Gasteiger partial charge in [-0.2, -0.15) is 0 Å². The van der Waals surface area contributed by atoms with Crippen LogP contribution >= 0.6 is 11.6 Å². The molecule has 19 nitrogen and oxygen atoms in total. The number of hydrogen-bond acceptors (Lipinski definition) is 18. The van der Waals surface area contributed by atoms with Crippen LogP contribution in [0.15, 0.2) is 146 Å². The molecule has 7 heterocycles. The summed E-state index contributed by atoms with van der Waals surface area (Å²) in [7, 11) is 4.32. The lowest BCUT2D eigenvalue weighted by molar-refractivity contribution is -0.148. The number of alkyl carbamates (subject to hydrolysis) is 1. The molecule has 8 aromatic rings. The average Bonchev–Trinajstić information content (AvgIpc) is 2.18. The van der Waals surface area contributed by atoms with E-state index in [1.807, 2.05) is 118 Å². The molecule has 20 heteroatoms. The highest BCUT2D eigenvalue weighted by atomic mass is 35.5. The van der Waals surface area contributed by atoms with E-state index in [2.05, 4.69) is 86.2 Å². The molecule has 0 spiro atoms. The van der Waals surface area contributed by atoms with Gasteiger partial charge in [0, 0.05) is 118 Å². The van der Waals surface area contributed by atoms with E-state index in [0.29, 0.717) is 57.4 Å². The summed E-state index contributed by atoms with van der Waals surface area (Å²) in [6, 6.07) is 39.7. The van der Waals surface area contributed by atoms with Gasteiger partial charge in [-0.05, 0) is 98.8 Å². The third-order valence-corrected chi connectivity index (χ3v) is 15.6. The molecule has 3 atom stereocenters. The summed E-state index contributed by atoms with van der Waals surface area (Å²) in [6.45, 7) is 13.9. The number of carbonyl (C=O) groups is 4. The Kier molecular flexibility index (Phi) is 23.2. The van der Waals surface area contributed by atoms with Crippen molar-refractivity contribution in [2.45, 2.75) is 64.1 Å². The number of halogens is 1. The van der Waals surface area contributed by atoms with Gasteiger partial charge in [0.15, 0.2) is 0 Å². The summed E-state index contributed by atoms with van der Waals surface area (Å²) in [5.41, 5.74) is 5.10. The number of rotatable bonds is 13. The van der Waals surface area contributed by atoms with E-state index in [-0.39, 0.29) is 35.9 Å². The van der Waals surface area contributed by atoms with Crippen LogP contribution in [0.2, 0.25) is 5.15 Å². The molecule has 11 rings (SSSR count). The molecule has 1 amide bonds. The predicted octanol–water partition coefficient (Wildman–Crippen LogP) is 9.57. The number of nitrogens with two attached hydrogens (primary N) is 1. The van der Waals surface area contributed by atoms with Gasteiger partial charge in [-0.3, -0.25) is 24.2 Å². The maximum atomic E-state index is 12.5. The summed E-state index contributed by atoms with van der Waals surface area (Å²) in [5.74, 6) is 2.17. The van der Waals surface area contributed by atoms with Crippen LogP contribution in [0.4, 0.5) is 22.2 Å². The van der Waals surface area contributed by atoms with Gasteiger partial charge in [0.2, 0.25) is 0 Å². The van der Waals surface area contributed by atoms with Gasteiger partial charge in [0.05, 0.1) is 27.2 Å². The van der Waals surface area contributed by atoms with Crippen LogP contribution in [0, 0.1) is 5.92 Å². The maximum Gasteiger partial charge on any atom is 0.407 e. The third-order valence-electron chi connectivity index (χ3n) is 15.3. The van der Waals surface area contributed by atoms with Crippen molar-refractivity contribution in [3.63, 3.8) is 0 Å². The number of fused-ring (bicyclic) bond motifs is 4. The van der Waals surface area contributed by atoms with Crippen LogP contribution in [0.3, 0.4) is 0 Å². The summed E-state index contributed by atoms with van der Waals surface area (Å²) in [4.78, 5) is 76.8. The number of ether oxygens (including phenoxy) is 4. The van der Waals surface area contributed by atoms with E-state index in [9.17, 15) is 19.2 Å². The number of piperidine rings is 1. The second-order valence-electron chi connectivity index (χ2n) is 22.2. The van der Waals surface area contributed by atoms with Crippen LogP contribution in [0.1, 0.15) is 46.5 Å². The number of anilines is 3. The van der Waals surface area contributed by atoms with Crippen molar-refractivity contribution in [2.24, 2.45) is 11.7 Å². The number of nitrogens with one attached hydrogen (secondary N) is 1. The van der Waals surface area contributed by atoms with E-state index in [1.54, 1.807) is 12.4 Å². The van der Waals surface area contributed by atoms with Crippen LogP contribution in [-0.2, 0) is 33.3 Å². The predicted molar refractivity (Wildman–Crippen MR) is 341 cm³/mol. The van der Waals surface area contributed by atoms with Gasteiger partial charge in [-0.15, -0.1) is 0 Å². The van der Waals surface area contributed by atoms with Crippen LogP contribution in [0.5, 0.6) is 0 Å². The molecule has 3 unspecified atom stereocenters. The lowest BCUT2D eigenvalue weighted by Gasteiger charge is -2.40. The smallest absolute Gasteiger partial charge is 0.407 e. The number of methoxy groups -OCH3 is 3. The van der Waals surface area contributed by atoms with Gasteiger partial charge < -0.3 is 44.7 Å². The molecule has 3 aliphatic heterocycles. The Labute approximate surface area is 508 Å². The molecule has 3 aliphatic rings. The number of benzene rings is 4. The zero-order valence-corrected chi connectivity index (χ0v) is 50.9. The van der Waals surface area contributed by atoms with Gasteiger partial charge >= 0.3 is 24.0 Å². The highest BCUT2D eigenvalue weighted by Gasteiger charge is 2.36. The van der Waals surface area contributed by atoms with E-state index in [0.717, 1.165) is 107 Å². The van der Waals surface area contributed by atoms with Gasteiger partial charge in [0.1, 0.15) is 40.3 Å². The van der Waals surface area contributed by atoms with Gasteiger partial charge in [0.25, 0.3) is 0 Å². The van der Waals surface area contributed by atoms with Crippen molar-refractivity contribution < 1.29 is 38.1 Å². The highest BCUT2D eigenvalue weighted by Crippen LogP contribution is 2.31. The molecule has 0 radical (unpaired) electrons. The Bertz CT molecular complexity index is 3510. The number of pyridine rings is 4. The Hall–Kier alpha value is -8.23. The number of hydrogen-bond donors (Lipinski definition) is 2. The quantitative estimate of drug-likeness (QED) is 0.0476. The molecule has 4 aromatic carbocycles. The molecule has 0 bridgehead atoms. The Morgan fingerprint density at radius 2 is 0.942 bits per heavy atom. The molecule has 4 aromatic heterocycles. The highest BCUT2D eigenvalue weighted by molar-refractivity contribution is 6.34. The summed E-state index contributed by atoms with van der Waals surface area (Å²) in [5, 5.41) is 12.3. The fourth-order valence-corrected chi connectivity index (χ4v) is 11.3. The molecular weight excluding hydrogens is 1110 g/mol. The first-order chi connectivity index (χ1) is 41.7. The maximum absolute atomic E-state index is 12.5. The Morgan fingerprint density at radius 1 is 0.535 bits per heavy atom. The number of amides is 1. The molecule has 0 aliphatic carbocycles. The molecule has 3 N–H and O–H groups in total. The van der Waals surface area contributed by atoms with Gasteiger partial charge in [-0.1, -0.05) is 109 Å². The fourth-order valence-electron chi connectivity index (χ4n) is 11.0. The van der Waals surface area contributed by atoms with E-state index in [4.69, 9.17) is 36.3 Å². The van der Waals surface area contributed by atoms with Crippen molar-refractivity contribution in [3.05, 3.63) is 151 Å². The number of nitrogens with zero attached hydrogens (tertiary/aromatic N) is 9. The monoisotopic (exact) mass is 1190 g/mol.